The van der Waals surface area contributed by atoms with Gasteiger partial charge in [0, 0.05) is 6.08 Å². The van der Waals surface area contributed by atoms with Gasteiger partial charge in [0.2, 0.25) is 0 Å². The number of nitrogens with zero attached hydrogens (tertiary/aromatic N) is 1. The number of aliphatic carboxylic acids is 1. The molecule has 0 unspecified atom stereocenters. The number of rotatable bonds is 3. The van der Waals surface area contributed by atoms with Gasteiger partial charge in [0.15, 0.2) is 5.57 Å². The maximum absolute atomic E-state index is 10.8. The van der Waals surface area contributed by atoms with Crippen LogP contribution < -0.4 is 0 Å². The van der Waals surface area contributed by atoms with Gasteiger partial charge in [0.05, 0.1) is 12.7 Å². The van der Waals surface area contributed by atoms with E-state index in [0.717, 1.165) is 0 Å². The summed E-state index contributed by atoms with van der Waals surface area (Å²) in [5.74, 6) is -2.46. The third-order valence-electron chi connectivity index (χ3n) is 0.935. The van der Waals surface area contributed by atoms with Crippen LogP contribution in [0.15, 0.2) is 11.6 Å². The predicted octanol–water partition coefficient (Wildman–Crippen LogP) is 0.0841. The van der Waals surface area contributed by atoms with E-state index in [1.165, 1.54) is 6.07 Å². The van der Waals surface area contributed by atoms with Crippen molar-refractivity contribution < 1.29 is 19.4 Å². The van der Waals surface area contributed by atoms with Gasteiger partial charge in [-0.25, -0.2) is 9.59 Å². The van der Waals surface area contributed by atoms with Gasteiger partial charge < -0.3 is 9.84 Å². The Kier molecular flexibility index (Phi) is 4.16. The van der Waals surface area contributed by atoms with Gasteiger partial charge >= 0.3 is 11.9 Å². The molecule has 0 aromatic carbocycles. The number of ether oxygens (including phenoxy) is 1. The Morgan fingerprint density at radius 2 is 2.25 bits per heavy atom. The van der Waals surface area contributed by atoms with E-state index in [1.54, 1.807) is 6.92 Å². The zero-order valence-corrected chi connectivity index (χ0v) is 6.40. The van der Waals surface area contributed by atoms with E-state index in [2.05, 4.69) is 4.74 Å². The van der Waals surface area contributed by atoms with Crippen molar-refractivity contribution in [3.05, 3.63) is 11.6 Å². The molecular weight excluding hydrogens is 162 g/mol. The Bertz CT molecular complexity index is 261. The highest BCUT2D eigenvalue weighted by Gasteiger charge is 2.17. The van der Waals surface area contributed by atoms with Crippen molar-refractivity contribution in [2.75, 3.05) is 6.61 Å². The van der Waals surface area contributed by atoms with Crippen molar-refractivity contribution in [1.82, 2.24) is 0 Å². The molecule has 0 fully saturated rings. The molecule has 0 aromatic heterocycles. The van der Waals surface area contributed by atoms with E-state index < -0.39 is 17.5 Å². The second kappa shape index (κ2) is 4.91. The van der Waals surface area contributed by atoms with E-state index in [9.17, 15) is 9.59 Å². The summed E-state index contributed by atoms with van der Waals surface area (Å²) in [6.07, 6.45) is 0.639. The molecule has 0 rings (SSSR count). The molecule has 0 amide bonds. The smallest absolute Gasteiger partial charge is 0.346 e. The molecule has 0 aliphatic heterocycles. The largest absolute Gasteiger partial charge is 0.477 e. The summed E-state index contributed by atoms with van der Waals surface area (Å²) < 4.78 is 4.38. The first-order chi connectivity index (χ1) is 5.63. The molecule has 0 aliphatic carbocycles. The summed E-state index contributed by atoms with van der Waals surface area (Å²) in [6, 6.07) is 1.44. The standard InChI is InChI=1S/C7H7NO4/c1-2-12-7(11)5(3-4-8)6(9)10/h3H,2H2,1H3,(H,9,10)/b5-3-. The molecule has 0 bridgehead atoms. The topological polar surface area (TPSA) is 87.4 Å². The number of carboxylic acid groups (broad SMARTS) is 1. The number of carbonyl (C=O) groups excluding carboxylic acids is 1. The third kappa shape index (κ3) is 2.84. The van der Waals surface area contributed by atoms with Crippen molar-refractivity contribution in [3.8, 4) is 6.07 Å². The molecule has 5 nitrogen and oxygen atoms in total. The van der Waals surface area contributed by atoms with Gasteiger partial charge in [0.25, 0.3) is 0 Å². The number of allylic oxidation sites excluding steroid dienone is 1. The lowest BCUT2D eigenvalue weighted by Crippen LogP contribution is -2.15. The van der Waals surface area contributed by atoms with Gasteiger partial charge in [-0.2, -0.15) is 5.26 Å². The average molecular weight is 169 g/mol. The number of carbonyl (C=O) groups is 2. The summed E-state index contributed by atoms with van der Waals surface area (Å²) in [7, 11) is 0. The fraction of sp³-hybridized carbons (Fsp3) is 0.286. The first-order valence-corrected chi connectivity index (χ1v) is 3.13. The molecule has 0 saturated heterocycles. The average Bonchev–Trinajstić information content (AvgIpc) is 1.99. The maximum Gasteiger partial charge on any atom is 0.346 e. The minimum absolute atomic E-state index is 0.0783. The van der Waals surface area contributed by atoms with Crippen LogP contribution in [0.3, 0.4) is 0 Å². The summed E-state index contributed by atoms with van der Waals surface area (Å²) in [5.41, 5.74) is -0.653. The number of nitriles is 1. The minimum Gasteiger partial charge on any atom is -0.477 e. The highest BCUT2D eigenvalue weighted by atomic mass is 16.5. The van der Waals surface area contributed by atoms with E-state index in [-0.39, 0.29) is 6.61 Å². The maximum atomic E-state index is 10.8. The summed E-state index contributed by atoms with van der Waals surface area (Å²) in [4.78, 5) is 21.0. The van der Waals surface area contributed by atoms with Crippen molar-refractivity contribution in [2.45, 2.75) is 6.92 Å². The van der Waals surface area contributed by atoms with Crippen LogP contribution >= 0.6 is 0 Å². The van der Waals surface area contributed by atoms with Crippen LogP contribution in [0.4, 0.5) is 0 Å². The SMILES string of the molecule is CCOC(=O)/C(=C\C#N)C(=O)O. The summed E-state index contributed by atoms with van der Waals surface area (Å²) in [5, 5.41) is 16.5. The number of hydrogen-bond donors (Lipinski definition) is 1. The lowest BCUT2D eigenvalue weighted by atomic mass is 10.2. The molecule has 12 heavy (non-hydrogen) atoms. The molecule has 5 heteroatoms. The van der Waals surface area contributed by atoms with Crippen molar-refractivity contribution in [1.29, 1.82) is 5.26 Å². The van der Waals surface area contributed by atoms with E-state index in [0.29, 0.717) is 6.08 Å². The molecule has 0 aromatic rings. The van der Waals surface area contributed by atoms with Crippen LogP contribution in [0, 0.1) is 11.3 Å². The van der Waals surface area contributed by atoms with Gasteiger partial charge in [-0.3, -0.25) is 0 Å². The zero-order valence-electron chi connectivity index (χ0n) is 6.40. The van der Waals surface area contributed by atoms with Gasteiger partial charge in [0.1, 0.15) is 0 Å². The Morgan fingerprint density at radius 1 is 1.67 bits per heavy atom. The molecule has 0 heterocycles. The fourth-order valence-electron chi connectivity index (χ4n) is 0.481. The number of hydrogen-bond acceptors (Lipinski definition) is 4. The molecule has 0 aliphatic rings. The van der Waals surface area contributed by atoms with Crippen molar-refractivity contribution >= 4 is 11.9 Å². The molecule has 0 atom stereocenters. The van der Waals surface area contributed by atoms with Crippen LogP contribution in [-0.4, -0.2) is 23.7 Å². The Hall–Kier alpha value is -1.83. The first kappa shape index (κ1) is 10.2. The van der Waals surface area contributed by atoms with Crippen LogP contribution in [0.2, 0.25) is 0 Å². The van der Waals surface area contributed by atoms with Crippen molar-refractivity contribution in [2.24, 2.45) is 0 Å². The van der Waals surface area contributed by atoms with Crippen LogP contribution in [0.25, 0.3) is 0 Å². The van der Waals surface area contributed by atoms with Crippen LogP contribution in [0.5, 0.6) is 0 Å². The molecule has 0 radical (unpaired) electrons. The molecule has 0 saturated carbocycles. The second-order valence-electron chi connectivity index (χ2n) is 1.71. The lowest BCUT2D eigenvalue weighted by molar-refractivity contribution is -0.143. The highest BCUT2D eigenvalue weighted by molar-refractivity contribution is 6.13. The molecule has 1 N–H and O–H groups in total. The molecule has 64 valence electrons. The van der Waals surface area contributed by atoms with E-state index in [4.69, 9.17) is 10.4 Å². The van der Waals surface area contributed by atoms with Gasteiger partial charge in [-0.1, -0.05) is 0 Å². The number of carboxylic acids is 1. The van der Waals surface area contributed by atoms with Gasteiger partial charge in [-0.15, -0.1) is 0 Å². The fourth-order valence-corrected chi connectivity index (χ4v) is 0.481. The summed E-state index contributed by atoms with van der Waals surface area (Å²) >= 11 is 0. The van der Waals surface area contributed by atoms with Gasteiger partial charge in [-0.05, 0) is 6.92 Å². The second-order valence-corrected chi connectivity index (χ2v) is 1.71. The number of esters is 1. The van der Waals surface area contributed by atoms with Crippen LogP contribution in [0.1, 0.15) is 6.92 Å². The molecule has 0 spiro atoms. The summed E-state index contributed by atoms with van der Waals surface area (Å²) in [6.45, 7) is 1.62. The third-order valence-corrected chi connectivity index (χ3v) is 0.935. The Labute approximate surface area is 68.9 Å². The normalized spacial score (nSPS) is 10.2. The quantitative estimate of drug-likeness (QED) is 0.212. The monoisotopic (exact) mass is 169 g/mol. The minimum atomic E-state index is -1.46. The predicted molar refractivity (Wildman–Crippen MR) is 38.0 cm³/mol. The van der Waals surface area contributed by atoms with E-state index in [1.807, 2.05) is 0 Å². The Balaban J connectivity index is 4.56. The lowest BCUT2D eigenvalue weighted by Gasteiger charge is -1.99. The van der Waals surface area contributed by atoms with Crippen LogP contribution in [-0.2, 0) is 14.3 Å². The van der Waals surface area contributed by atoms with E-state index >= 15 is 0 Å². The van der Waals surface area contributed by atoms with Crippen molar-refractivity contribution in [3.63, 3.8) is 0 Å². The highest BCUT2D eigenvalue weighted by Crippen LogP contribution is 1.97. The first-order valence-electron chi connectivity index (χ1n) is 3.13. The zero-order chi connectivity index (χ0) is 9.56. The molecular formula is C7H7NO4. The Morgan fingerprint density at radius 3 is 2.58 bits per heavy atom.